The smallest absolute Gasteiger partial charge is 0.143 e. The minimum Gasteiger partial charge on any atom is -0.456 e. The van der Waals surface area contributed by atoms with E-state index in [4.69, 9.17) is 13.8 Å². The van der Waals surface area contributed by atoms with Gasteiger partial charge in [0.15, 0.2) is 0 Å². The summed E-state index contributed by atoms with van der Waals surface area (Å²) in [4.78, 5) is 9.63. The number of fused-ring (bicyclic) bond motifs is 6. The third-order valence-corrected chi connectivity index (χ3v) is 16.9. The molecule has 0 saturated carbocycles. The molecule has 16 aromatic rings. The molecule has 3 aromatic heterocycles. The van der Waals surface area contributed by atoms with Crippen molar-refractivity contribution in [1.29, 1.82) is 0 Å². The topological polar surface area (TPSA) is 45.7 Å². The summed E-state index contributed by atoms with van der Waals surface area (Å²) in [6.45, 7) is 0. The van der Waals surface area contributed by atoms with E-state index in [0.717, 1.165) is 150 Å². The minimum atomic E-state index is 0.794. The first-order chi connectivity index (χ1) is 43.6. The summed E-state index contributed by atoms with van der Waals surface area (Å²) in [5.74, 6) is 0. The fourth-order valence-electron chi connectivity index (χ4n) is 12.8. The maximum absolute atomic E-state index is 7.17. The van der Waals surface area contributed by atoms with Crippen LogP contribution in [0.1, 0.15) is 0 Å². The summed E-state index contributed by atoms with van der Waals surface area (Å²) in [5, 5.41) is 4.20. The van der Waals surface area contributed by atoms with Gasteiger partial charge in [-0.05, 0) is 153 Å². The SMILES string of the molecule is c1ccc(-c2cccc(N(c3ccc(-c4c(-c5ccccc5)cccc4-c4ccccc4)cc3)c3cc(-c4ccc5oc6ccccc6c5c4)cc(N(c4ccccc4)c4ccc(-c5ccccn5)cc4)c3-c3cccc4c3oc3ccccc34)c2)cc1. The quantitative estimate of drug-likeness (QED) is 0.115. The highest BCUT2D eigenvalue weighted by atomic mass is 16.3. The lowest BCUT2D eigenvalue weighted by Crippen LogP contribution is -2.16. The summed E-state index contributed by atoms with van der Waals surface area (Å²) >= 11 is 0. The normalized spacial score (nSPS) is 11.4. The molecule has 0 aliphatic heterocycles. The van der Waals surface area contributed by atoms with Gasteiger partial charge in [0, 0.05) is 67.2 Å². The van der Waals surface area contributed by atoms with Crippen LogP contribution in [0.25, 0.3) is 122 Å². The van der Waals surface area contributed by atoms with E-state index in [1.807, 2.05) is 36.5 Å². The van der Waals surface area contributed by atoms with Crippen LogP contribution in [-0.2, 0) is 0 Å². The second-order valence-corrected chi connectivity index (χ2v) is 22.2. The molecule has 3 heterocycles. The molecule has 5 heteroatoms. The van der Waals surface area contributed by atoms with E-state index >= 15 is 0 Å². The third kappa shape index (κ3) is 9.45. The highest BCUT2D eigenvalue weighted by molar-refractivity contribution is 6.14. The van der Waals surface area contributed by atoms with Crippen LogP contribution in [0.3, 0.4) is 0 Å². The maximum Gasteiger partial charge on any atom is 0.143 e. The maximum atomic E-state index is 7.17. The van der Waals surface area contributed by atoms with Crippen LogP contribution in [0.2, 0.25) is 0 Å². The number of anilines is 6. The molecule has 0 unspecified atom stereocenters. The molecular formula is C83H55N3O2. The van der Waals surface area contributed by atoms with E-state index in [0.29, 0.717) is 0 Å². The molecule has 13 aromatic carbocycles. The van der Waals surface area contributed by atoms with Crippen molar-refractivity contribution in [3.05, 3.63) is 334 Å². The Morgan fingerprint density at radius 1 is 0.239 bits per heavy atom. The summed E-state index contributed by atoms with van der Waals surface area (Å²) < 4.78 is 13.7. The van der Waals surface area contributed by atoms with E-state index in [-0.39, 0.29) is 0 Å². The number of rotatable bonds is 13. The van der Waals surface area contributed by atoms with Gasteiger partial charge in [-0.25, -0.2) is 0 Å². The van der Waals surface area contributed by atoms with E-state index in [1.54, 1.807) is 0 Å². The number of aromatic nitrogens is 1. The number of hydrogen-bond donors (Lipinski definition) is 0. The summed E-state index contributed by atoms with van der Waals surface area (Å²) in [5.41, 5.74) is 24.1. The largest absolute Gasteiger partial charge is 0.456 e. The van der Waals surface area contributed by atoms with Crippen molar-refractivity contribution in [2.24, 2.45) is 0 Å². The Morgan fingerprint density at radius 3 is 1.34 bits per heavy atom. The molecule has 0 N–H and O–H groups in total. The molecule has 0 amide bonds. The van der Waals surface area contributed by atoms with Crippen molar-refractivity contribution in [1.82, 2.24) is 4.98 Å². The molecule has 88 heavy (non-hydrogen) atoms. The minimum absolute atomic E-state index is 0.794. The molecule has 0 aliphatic carbocycles. The van der Waals surface area contributed by atoms with E-state index < -0.39 is 0 Å². The van der Waals surface area contributed by atoms with Crippen molar-refractivity contribution < 1.29 is 8.83 Å². The van der Waals surface area contributed by atoms with Gasteiger partial charge in [0.25, 0.3) is 0 Å². The van der Waals surface area contributed by atoms with Gasteiger partial charge in [0.05, 0.1) is 17.1 Å². The Labute approximate surface area is 510 Å². The van der Waals surface area contributed by atoms with Gasteiger partial charge < -0.3 is 18.6 Å². The fourth-order valence-corrected chi connectivity index (χ4v) is 12.8. The van der Waals surface area contributed by atoms with Crippen molar-refractivity contribution >= 4 is 78.0 Å². The zero-order chi connectivity index (χ0) is 58.3. The zero-order valence-electron chi connectivity index (χ0n) is 47.9. The monoisotopic (exact) mass is 1130 g/mol. The van der Waals surface area contributed by atoms with E-state index in [1.165, 1.54) is 5.56 Å². The van der Waals surface area contributed by atoms with Crippen molar-refractivity contribution in [2.75, 3.05) is 9.80 Å². The first-order valence-electron chi connectivity index (χ1n) is 29.8. The highest BCUT2D eigenvalue weighted by Crippen LogP contribution is 2.54. The molecule has 0 saturated heterocycles. The first-order valence-corrected chi connectivity index (χ1v) is 29.8. The van der Waals surface area contributed by atoms with Gasteiger partial charge in [-0.2, -0.15) is 0 Å². The van der Waals surface area contributed by atoms with E-state index in [9.17, 15) is 0 Å². The van der Waals surface area contributed by atoms with Gasteiger partial charge in [-0.1, -0.05) is 231 Å². The predicted molar refractivity (Wildman–Crippen MR) is 366 cm³/mol. The third-order valence-electron chi connectivity index (χ3n) is 16.9. The van der Waals surface area contributed by atoms with Crippen molar-refractivity contribution in [3.8, 4) is 78.0 Å². The molecule has 0 spiro atoms. The Balaban J connectivity index is 1.02. The van der Waals surface area contributed by atoms with Gasteiger partial charge in [-0.3, -0.25) is 4.98 Å². The van der Waals surface area contributed by atoms with E-state index in [2.05, 4.69) is 307 Å². The molecule has 0 fully saturated rings. The fraction of sp³-hybridized carbons (Fsp3) is 0. The van der Waals surface area contributed by atoms with Gasteiger partial charge in [0.2, 0.25) is 0 Å². The molecule has 0 atom stereocenters. The number of nitrogens with zero attached hydrogens (tertiary/aromatic N) is 3. The average molecular weight is 1130 g/mol. The Kier molecular flexibility index (Phi) is 13.1. The number of hydrogen-bond acceptors (Lipinski definition) is 5. The van der Waals surface area contributed by atoms with Crippen LogP contribution in [0.4, 0.5) is 34.1 Å². The second-order valence-electron chi connectivity index (χ2n) is 22.2. The molecule has 0 radical (unpaired) electrons. The average Bonchev–Trinajstić information content (AvgIpc) is 1.70. The zero-order valence-corrected chi connectivity index (χ0v) is 47.9. The molecular weight excluding hydrogens is 1070 g/mol. The van der Waals surface area contributed by atoms with Gasteiger partial charge in [-0.15, -0.1) is 0 Å². The van der Waals surface area contributed by atoms with Crippen LogP contribution in [-0.4, -0.2) is 4.98 Å². The molecule has 16 rings (SSSR count). The first kappa shape index (κ1) is 51.8. The number of pyridine rings is 1. The van der Waals surface area contributed by atoms with Crippen LogP contribution >= 0.6 is 0 Å². The molecule has 414 valence electrons. The predicted octanol–water partition coefficient (Wildman–Crippen LogP) is 23.5. The van der Waals surface area contributed by atoms with Crippen LogP contribution in [0, 0.1) is 0 Å². The number of furan rings is 2. The molecule has 0 bridgehead atoms. The Hall–Kier alpha value is -11.8. The Morgan fingerprint density at radius 2 is 0.693 bits per heavy atom. The van der Waals surface area contributed by atoms with Crippen LogP contribution in [0.15, 0.2) is 343 Å². The lowest BCUT2D eigenvalue weighted by molar-refractivity contribution is 0.669. The van der Waals surface area contributed by atoms with Crippen molar-refractivity contribution in [2.45, 2.75) is 0 Å². The molecule has 0 aliphatic rings. The van der Waals surface area contributed by atoms with Gasteiger partial charge in [0.1, 0.15) is 22.3 Å². The lowest BCUT2D eigenvalue weighted by atomic mass is 9.87. The summed E-state index contributed by atoms with van der Waals surface area (Å²) in [7, 11) is 0. The number of benzene rings is 13. The van der Waals surface area contributed by atoms with Gasteiger partial charge >= 0.3 is 0 Å². The Bertz CT molecular complexity index is 5120. The van der Waals surface area contributed by atoms with Crippen LogP contribution in [0.5, 0.6) is 0 Å². The molecule has 5 nitrogen and oxygen atoms in total. The van der Waals surface area contributed by atoms with Crippen molar-refractivity contribution in [3.63, 3.8) is 0 Å². The highest BCUT2D eigenvalue weighted by Gasteiger charge is 2.29. The van der Waals surface area contributed by atoms with Crippen LogP contribution < -0.4 is 9.80 Å². The standard InChI is InChI=1S/C83H55N3O2/c1-5-22-56(23-6-1)61-28-19-31-67(52-61)86(66-48-43-60(44-49-66)81-68(57-24-7-2-8-25-57)34-20-35-69(81)58-26-9-3-10-27-58)77-55-63(62-45-50-80-74(53-62)71-33-14-15-39-78(71)87-80)54-76(82(77)73-37-21-36-72-70-32-13-16-40-79(70)88-83(72)73)85(64-29-11-4-12-30-64)65-46-41-59(42-47-65)75-38-17-18-51-84-75/h1-55H. The lowest BCUT2D eigenvalue weighted by Gasteiger charge is -2.34. The second kappa shape index (κ2) is 22.3. The summed E-state index contributed by atoms with van der Waals surface area (Å²) in [6.07, 6.45) is 1.85. The number of para-hydroxylation sites is 4. The summed E-state index contributed by atoms with van der Waals surface area (Å²) in [6, 6.07) is 117.